The van der Waals surface area contributed by atoms with Crippen LogP contribution in [0.4, 0.5) is 5.69 Å². The van der Waals surface area contributed by atoms with Gasteiger partial charge in [-0.05, 0) is 45.9 Å². The first-order chi connectivity index (χ1) is 18.3. The standard InChI is InChI=1S/C24H31N3O9P2/c1-5-32-37(29,33-6-2)21-16-12-11-15-20(21)31-17-22(36-38(30,34-7-3)35-8-4)26-27-23-18-13-9-10-14-19(18)25-24(23)28/h9-16H,5-8,17H2,1-4H3,(H,25,27,28)/b26-22+. The largest absolute Gasteiger partial charge is 0.531 e. The molecule has 1 heterocycles. The van der Waals surface area contributed by atoms with Gasteiger partial charge in [-0.15, -0.1) is 10.2 Å². The topological polar surface area (TPSA) is 143 Å². The zero-order chi connectivity index (χ0) is 27.6. The van der Waals surface area contributed by atoms with Gasteiger partial charge in [0.25, 0.3) is 11.8 Å². The van der Waals surface area contributed by atoms with Gasteiger partial charge in [-0.25, -0.2) is 4.57 Å². The highest BCUT2D eigenvalue weighted by Gasteiger charge is 2.33. The van der Waals surface area contributed by atoms with Gasteiger partial charge < -0.3 is 23.6 Å². The molecule has 1 N–H and O–H groups in total. The second kappa shape index (κ2) is 13.8. The number of carbonyl (C=O) groups excluding carboxylic acids is 1. The third-order valence-corrected chi connectivity index (χ3v) is 8.55. The molecule has 0 saturated carbocycles. The van der Waals surface area contributed by atoms with Crippen LogP contribution in [0.1, 0.15) is 33.3 Å². The average Bonchev–Trinajstić information content (AvgIpc) is 3.21. The molecule has 14 heteroatoms. The number of phosphoric acid groups is 1. The fourth-order valence-electron chi connectivity index (χ4n) is 3.38. The Hall–Kier alpha value is -2.85. The van der Waals surface area contributed by atoms with Crippen molar-refractivity contribution in [2.75, 3.05) is 38.4 Å². The third kappa shape index (κ3) is 7.38. The molecule has 206 valence electrons. The van der Waals surface area contributed by atoms with E-state index in [0.717, 1.165) is 0 Å². The maximum absolute atomic E-state index is 13.4. The number of phosphoric ester groups is 1. The van der Waals surface area contributed by atoms with Crippen molar-refractivity contribution in [2.45, 2.75) is 27.7 Å². The minimum absolute atomic E-state index is 0.0296. The lowest BCUT2D eigenvalue weighted by molar-refractivity contribution is -0.110. The Balaban J connectivity index is 1.97. The highest BCUT2D eigenvalue weighted by atomic mass is 31.2. The van der Waals surface area contributed by atoms with Crippen LogP contribution in [0.15, 0.2) is 58.7 Å². The van der Waals surface area contributed by atoms with Crippen LogP contribution >= 0.6 is 15.4 Å². The predicted octanol–water partition coefficient (Wildman–Crippen LogP) is 4.91. The monoisotopic (exact) mass is 567 g/mol. The van der Waals surface area contributed by atoms with Crippen LogP contribution in [0.25, 0.3) is 0 Å². The van der Waals surface area contributed by atoms with Crippen molar-refractivity contribution in [3.05, 3.63) is 54.1 Å². The van der Waals surface area contributed by atoms with Gasteiger partial charge in [-0.2, -0.15) is 0 Å². The van der Waals surface area contributed by atoms with Crippen molar-refractivity contribution in [1.29, 1.82) is 0 Å². The number of anilines is 1. The van der Waals surface area contributed by atoms with E-state index in [9.17, 15) is 13.9 Å². The lowest BCUT2D eigenvalue weighted by atomic mass is 10.1. The van der Waals surface area contributed by atoms with Gasteiger partial charge in [0.15, 0.2) is 12.3 Å². The predicted molar refractivity (Wildman–Crippen MR) is 143 cm³/mol. The van der Waals surface area contributed by atoms with Gasteiger partial charge in [-0.1, -0.05) is 30.3 Å². The Bertz CT molecular complexity index is 1260. The Kier molecular flexibility index (Phi) is 10.8. The molecule has 0 atom stereocenters. The number of nitrogens with zero attached hydrogens (tertiary/aromatic N) is 2. The van der Waals surface area contributed by atoms with Gasteiger partial charge in [0.05, 0.1) is 32.1 Å². The number of hydrogen-bond acceptors (Lipinski definition) is 11. The van der Waals surface area contributed by atoms with Crippen LogP contribution in [-0.4, -0.2) is 50.6 Å². The van der Waals surface area contributed by atoms with Crippen molar-refractivity contribution in [1.82, 2.24) is 0 Å². The summed E-state index contributed by atoms with van der Waals surface area (Å²) in [7, 11) is -7.79. The molecule has 0 aliphatic carbocycles. The van der Waals surface area contributed by atoms with Gasteiger partial charge >= 0.3 is 15.4 Å². The molecule has 3 rings (SSSR count). The molecule has 2 aromatic carbocycles. The molecule has 2 aromatic rings. The molecule has 0 unspecified atom stereocenters. The van der Waals surface area contributed by atoms with E-state index in [1.54, 1.807) is 76.2 Å². The van der Waals surface area contributed by atoms with Crippen molar-refractivity contribution < 1.29 is 41.3 Å². The fourth-order valence-corrected chi connectivity index (χ4v) is 6.25. The van der Waals surface area contributed by atoms with E-state index in [1.807, 2.05) is 0 Å². The Labute approximate surface area is 221 Å². The summed E-state index contributed by atoms with van der Waals surface area (Å²) in [6.07, 6.45) is 0. The maximum atomic E-state index is 13.4. The number of nitrogens with one attached hydrogen (secondary N) is 1. The van der Waals surface area contributed by atoms with Crippen LogP contribution in [0.5, 0.6) is 5.75 Å². The molecule has 1 aliphatic heterocycles. The van der Waals surface area contributed by atoms with Crippen molar-refractivity contribution in [3.63, 3.8) is 0 Å². The van der Waals surface area contributed by atoms with Gasteiger partial charge in [0.2, 0.25) is 0 Å². The lowest BCUT2D eigenvalue weighted by Gasteiger charge is -2.21. The average molecular weight is 567 g/mol. The number of rotatable bonds is 14. The Morgan fingerprint density at radius 1 is 0.842 bits per heavy atom. The normalized spacial score (nSPS) is 14.9. The van der Waals surface area contributed by atoms with E-state index in [-0.39, 0.29) is 49.1 Å². The van der Waals surface area contributed by atoms with E-state index in [2.05, 4.69) is 15.5 Å². The number of hydrogen-bond donors (Lipinski definition) is 1. The highest BCUT2D eigenvalue weighted by Crippen LogP contribution is 2.50. The first kappa shape index (κ1) is 29.7. The molecule has 0 aromatic heterocycles. The third-order valence-electron chi connectivity index (χ3n) is 4.81. The quantitative estimate of drug-likeness (QED) is 0.146. The summed E-state index contributed by atoms with van der Waals surface area (Å²) in [5, 5.41) is 10.9. The SMILES string of the molecule is CCOP(=O)(OCC)O/C(COc1ccccc1P(=O)(OCC)OCC)=N/N=C1\C(=O)Nc2ccccc21. The number of amides is 1. The first-order valence-corrected chi connectivity index (χ1v) is 15.0. The minimum Gasteiger partial charge on any atom is -0.483 e. The second-order valence-corrected chi connectivity index (χ2v) is 11.0. The molecule has 1 amide bonds. The summed E-state index contributed by atoms with van der Waals surface area (Å²) in [5.74, 6) is -0.613. The van der Waals surface area contributed by atoms with E-state index in [1.165, 1.54) is 0 Å². The second-order valence-electron chi connectivity index (χ2n) is 7.41. The highest BCUT2D eigenvalue weighted by molar-refractivity contribution is 7.62. The van der Waals surface area contributed by atoms with Crippen LogP contribution in [-0.2, 0) is 36.5 Å². The molecular formula is C24H31N3O9P2. The summed E-state index contributed by atoms with van der Waals surface area (Å²) in [6, 6.07) is 13.4. The zero-order valence-electron chi connectivity index (χ0n) is 21.6. The zero-order valence-corrected chi connectivity index (χ0v) is 23.4. The molecule has 0 radical (unpaired) electrons. The van der Waals surface area contributed by atoms with Crippen LogP contribution < -0.4 is 15.4 Å². The number of carbonyl (C=O) groups is 1. The van der Waals surface area contributed by atoms with Crippen LogP contribution in [0.2, 0.25) is 0 Å². The number of benzene rings is 2. The van der Waals surface area contributed by atoms with Crippen LogP contribution in [0, 0.1) is 0 Å². The number of ether oxygens (including phenoxy) is 1. The summed E-state index contributed by atoms with van der Waals surface area (Å²) in [6.45, 7) is 6.57. The van der Waals surface area contributed by atoms with Gasteiger partial charge in [0.1, 0.15) is 11.1 Å². The lowest BCUT2D eigenvalue weighted by Crippen LogP contribution is -2.20. The summed E-state index contributed by atoms with van der Waals surface area (Å²) in [5.41, 5.74) is 1.15. The smallest absolute Gasteiger partial charge is 0.483 e. The van der Waals surface area contributed by atoms with Gasteiger partial charge in [-0.3, -0.25) is 18.4 Å². The Morgan fingerprint density at radius 2 is 1.45 bits per heavy atom. The molecule has 38 heavy (non-hydrogen) atoms. The number of para-hydroxylation sites is 2. The van der Waals surface area contributed by atoms with E-state index < -0.39 is 27.9 Å². The van der Waals surface area contributed by atoms with Crippen molar-refractivity contribution in [3.8, 4) is 5.75 Å². The van der Waals surface area contributed by atoms with E-state index >= 15 is 0 Å². The minimum atomic E-state index is -4.09. The fraction of sp³-hybridized carbons (Fsp3) is 0.375. The van der Waals surface area contributed by atoms with Crippen LogP contribution in [0.3, 0.4) is 0 Å². The number of fused-ring (bicyclic) bond motifs is 1. The van der Waals surface area contributed by atoms with E-state index in [4.69, 9.17) is 27.4 Å². The van der Waals surface area contributed by atoms with Crippen molar-refractivity contribution >= 4 is 43.9 Å². The Morgan fingerprint density at radius 3 is 2.11 bits per heavy atom. The molecule has 12 nitrogen and oxygen atoms in total. The molecule has 1 aliphatic rings. The van der Waals surface area contributed by atoms with Crippen molar-refractivity contribution in [2.24, 2.45) is 10.2 Å². The first-order valence-electron chi connectivity index (χ1n) is 12.0. The summed E-state index contributed by atoms with van der Waals surface area (Å²) < 4.78 is 59.2. The molecule has 0 spiro atoms. The van der Waals surface area contributed by atoms with Gasteiger partial charge in [0, 0.05) is 5.56 Å². The molecule has 0 bridgehead atoms. The van der Waals surface area contributed by atoms with E-state index in [0.29, 0.717) is 11.3 Å². The summed E-state index contributed by atoms with van der Waals surface area (Å²) >= 11 is 0. The molecular weight excluding hydrogens is 536 g/mol. The molecule has 0 fully saturated rings. The maximum Gasteiger partial charge on any atom is 0.531 e. The molecule has 0 saturated heterocycles. The summed E-state index contributed by atoms with van der Waals surface area (Å²) in [4.78, 5) is 12.4.